The Labute approximate surface area is 97.5 Å². The van der Waals surface area contributed by atoms with Gasteiger partial charge < -0.3 is 0 Å². The van der Waals surface area contributed by atoms with Crippen LogP contribution in [0.1, 0.15) is 11.1 Å². The molecule has 3 heteroatoms. The number of rotatable bonds is 1. The van der Waals surface area contributed by atoms with E-state index in [-0.39, 0.29) is 0 Å². The van der Waals surface area contributed by atoms with Crippen molar-refractivity contribution in [2.75, 3.05) is 0 Å². The normalized spacial score (nSPS) is 10.3. The fourth-order valence-corrected chi connectivity index (χ4v) is 1.93. The molecule has 2 nitrogen and oxygen atoms in total. The Hall–Kier alpha value is -1.22. The monoisotopic (exact) mass is 262 g/mol. The average molecular weight is 263 g/mol. The molecular formula is C12H11BrN2. The summed E-state index contributed by atoms with van der Waals surface area (Å²) in [6, 6.07) is 6.37. The van der Waals surface area contributed by atoms with Crippen LogP contribution in [0.5, 0.6) is 0 Å². The van der Waals surface area contributed by atoms with Crippen LogP contribution in [-0.4, -0.2) is 9.97 Å². The predicted octanol–water partition coefficient (Wildman–Crippen LogP) is 3.52. The molecule has 1 heterocycles. The van der Waals surface area contributed by atoms with E-state index in [9.17, 15) is 0 Å². The first-order chi connectivity index (χ1) is 7.18. The predicted molar refractivity (Wildman–Crippen MR) is 64.6 cm³/mol. The number of benzene rings is 1. The lowest BCUT2D eigenvalue weighted by atomic mass is 10.0. The molecule has 0 spiro atoms. The molecular weight excluding hydrogens is 252 g/mol. The third-order valence-electron chi connectivity index (χ3n) is 2.35. The summed E-state index contributed by atoms with van der Waals surface area (Å²) in [6.45, 7) is 4.18. The second-order valence-electron chi connectivity index (χ2n) is 3.55. The fraction of sp³-hybridized carbons (Fsp3) is 0.167. The quantitative estimate of drug-likeness (QED) is 0.735. The maximum atomic E-state index is 4.13. The van der Waals surface area contributed by atoms with Crippen molar-refractivity contribution in [2.24, 2.45) is 0 Å². The Balaban J connectivity index is 2.64. The third kappa shape index (κ3) is 2.07. The first-order valence-electron chi connectivity index (χ1n) is 4.71. The molecule has 1 aromatic carbocycles. The van der Waals surface area contributed by atoms with E-state index in [2.05, 4.69) is 57.9 Å². The van der Waals surface area contributed by atoms with E-state index in [0.717, 1.165) is 10.2 Å². The van der Waals surface area contributed by atoms with E-state index in [1.54, 1.807) is 6.33 Å². The van der Waals surface area contributed by atoms with Crippen molar-refractivity contribution < 1.29 is 0 Å². The van der Waals surface area contributed by atoms with Crippen LogP contribution in [-0.2, 0) is 0 Å². The highest BCUT2D eigenvalue weighted by molar-refractivity contribution is 9.10. The number of aromatic nitrogens is 2. The Morgan fingerprint density at radius 2 is 1.93 bits per heavy atom. The zero-order chi connectivity index (χ0) is 10.8. The van der Waals surface area contributed by atoms with E-state index in [1.807, 2.05) is 6.20 Å². The number of hydrogen-bond acceptors (Lipinski definition) is 2. The fourth-order valence-electron chi connectivity index (χ4n) is 1.52. The van der Waals surface area contributed by atoms with Crippen LogP contribution in [0.25, 0.3) is 11.1 Å². The van der Waals surface area contributed by atoms with E-state index >= 15 is 0 Å². The Morgan fingerprint density at radius 3 is 2.67 bits per heavy atom. The molecule has 0 atom stereocenters. The summed E-state index contributed by atoms with van der Waals surface area (Å²) in [4.78, 5) is 8.18. The second-order valence-corrected chi connectivity index (χ2v) is 4.30. The Morgan fingerprint density at radius 1 is 1.13 bits per heavy atom. The van der Waals surface area contributed by atoms with Gasteiger partial charge in [-0.05, 0) is 40.9 Å². The van der Waals surface area contributed by atoms with E-state index in [4.69, 9.17) is 0 Å². The number of aryl methyl sites for hydroxylation is 2. The molecule has 0 aliphatic rings. The van der Waals surface area contributed by atoms with Gasteiger partial charge in [0.25, 0.3) is 0 Å². The van der Waals surface area contributed by atoms with Crippen molar-refractivity contribution in [1.82, 2.24) is 9.97 Å². The van der Waals surface area contributed by atoms with Crippen LogP contribution >= 0.6 is 15.9 Å². The van der Waals surface area contributed by atoms with Crippen molar-refractivity contribution in [3.8, 4) is 11.1 Å². The van der Waals surface area contributed by atoms with Gasteiger partial charge in [0.1, 0.15) is 10.9 Å². The van der Waals surface area contributed by atoms with E-state index in [0.29, 0.717) is 0 Å². The van der Waals surface area contributed by atoms with Crippen molar-refractivity contribution in [3.05, 3.63) is 46.5 Å². The molecule has 2 aromatic rings. The first kappa shape index (κ1) is 10.3. The molecule has 0 N–H and O–H groups in total. The van der Waals surface area contributed by atoms with Crippen LogP contribution < -0.4 is 0 Å². The van der Waals surface area contributed by atoms with Crippen molar-refractivity contribution in [3.63, 3.8) is 0 Å². The van der Waals surface area contributed by atoms with Crippen molar-refractivity contribution >= 4 is 15.9 Å². The van der Waals surface area contributed by atoms with Crippen LogP contribution in [0.3, 0.4) is 0 Å². The summed E-state index contributed by atoms with van der Waals surface area (Å²) in [6.07, 6.45) is 3.37. The molecule has 0 radical (unpaired) electrons. The lowest BCUT2D eigenvalue weighted by molar-refractivity contribution is 1.14. The SMILES string of the molecule is Cc1ccc(C)c(-c2cncnc2Br)c1. The zero-order valence-corrected chi connectivity index (χ0v) is 10.2. The van der Waals surface area contributed by atoms with Crippen molar-refractivity contribution in [2.45, 2.75) is 13.8 Å². The van der Waals surface area contributed by atoms with Gasteiger partial charge in [-0.25, -0.2) is 9.97 Å². The van der Waals surface area contributed by atoms with E-state index in [1.165, 1.54) is 16.7 Å². The molecule has 0 amide bonds. The Kier molecular flexibility index (Phi) is 2.82. The maximum absolute atomic E-state index is 4.13. The number of nitrogens with zero attached hydrogens (tertiary/aromatic N) is 2. The topological polar surface area (TPSA) is 25.8 Å². The highest BCUT2D eigenvalue weighted by Gasteiger charge is 2.06. The number of halogens is 1. The van der Waals surface area contributed by atoms with Crippen LogP contribution in [0.4, 0.5) is 0 Å². The standard InChI is InChI=1S/C12H11BrN2/c1-8-3-4-9(2)10(5-8)11-6-14-7-15-12(11)13/h3-7H,1-2H3. The molecule has 0 fully saturated rings. The summed E-state index contributed by atoms with van der Waals surface area (Å²) in [5.74, 6) is 0. The summed E-state index contributed by atoms with van der Waals surface area (Å²) in [5.41, 5.74) is 4.70. The van der Waals surface area contributed by atoms with Crippen LogP contribution in [0.15, 0.2) is 35.3 Å². The lowest BCUT2D eigenvalue weighted by Crippen LogP contribution is -1.89. The molecule has 0 aliphatic heterocycles. The maximum Gasteiger partial charge on any atom is 0.117 e. The third-order valence-corrected chi connectivity index (χ3v) is 2.98. The molecule has 1 aromatic heterocycles. The molecule has 76 valence electrons. The highest BCUT2D eigenvalue weighted by Crippen LogP contribution is 2.28. The van der Waals surface area contributed by atoms with Gasteiger partial charge in [0.2, 0.25) is 0 Å². The van der Waals surface area contributed by atoms with Gasteiger partial charge in [0.15, 0.2) is 0 Å². The van der Waals surface area contributed by atoms with Gasteiger partial charge in [-0.1, -0.05) is 23.8 Å². The van der Waals surface area contributed by atoms with E-state index < -0.39 is 0 Å². The van der Waals surface area contributed by atoms with Gasteiger partial charge in [-0.3, -0.25) is 0 Å². The highest BCUT2D eigenvalue weighted by atomic mass is 79.9. The molecule has 15 heavy (non-hydrogen) atoms. The minimum atomic E-state index is 0.839. The van der Waals surface area contributed by atoms with Gasteiger partial charge in [-0.15, -0.1) is 0 Å². The lowest BCUT2D eigenvalue weighted by Gasteiger charge is -2.07. The number of hydrogen-bond donors (Lipinski definition) is 0. The largest absolute Gasteiger partial charge is 0.244 e. The van der Waals surface area contributed by atoms with Gasteiger partial charge in [0.05, 0.1) is 0 Å². The summed E-state index contributed by atoms with van der Waals surface area (Å²) in [7, 11) is 0. The van der Waals surface area contributed by atoms with Crippen molar-refractivity contribution in [1.29, 1.82) is 0 Å². The molecule has 0 saturated heterocycles. The molecule has 0 bridgehead atoms. The van der Waals surface area contributed by atoms with Crippen LogP contribution in [0.2, 0.25) is 0 Å². The van der Waals surface area contributed by atoms with Gasteiger partial charge in [0, 0.05) is 11.8 Å². The van der Waals surface area contributed by atoms with Crippen LogP contribution in [0, 0.1) is 13.8 Å². The molecule has 0 unspecified atom stereocenters. The summed E-state index contributed by atoms with van der Waals surface area (Å²) in [5, 5.41) is 0. The summed E-state index contributed by atoms with van der Waals surface area (Å²) >= 11 is 3.44. The average Bonchev–Trinajstić information content (AvgIpc) is 2.23. The molecule has 0 saturated carbocycles. The minimum absolute atomic E-state index is 0.839. The van der Waals surface area contributed by atoms with Gasteiger partial charge in [-0.2, -0.15) is 0 Å². The smallest absolute Gasteiger partial charge is 0.117 e. The molecule has 2 rings (SSSR count). The Bertz CT molecular complexity index is 495. The summed E-state index contributed by atoms with van der Waals surface area (Å²) < 4.78 is 0.839. The van der Waals surface area contributed by atoms with Gasteiger partial charge >= 0.3 is 0 Å². The zero-order valence-electron chi connectivity index (χ0n) is 8.66. The first-order valence-corrected chi connectivity index (χ1v) is 5.51. The molecule has 0 aliphatic carbocycles. The second kappa shape index (κ2) is 4.11. The minimum Gasteiger partial charge on any atom is -0.244 e.